The minimum Gasteiger partial charge on any atom is -0.351 e. The molecule has 172 valence electrons. The first kappa shape index (κ1) is 22.4. The predicted molar refractivity (Wildman–Crippen MR) is 144 cm³/mol. The van der Waals surface area contributed by atoms with Gasteiger partial charge < -0.3 is 14.8 Å². The standard InChI is InChI=1S/C29H30N4S/c1-5-22-11-15-23(16-12-22)32-20(3)18-25(21(32)4)28-27(26-8-6-7-17-30-26)31-29(34)33(28)24-13-9-19(2)10-14-24/h6-18,27-28H,5H2,1-4H3,(H,31,34)/t27-,28-/m0/s1. The second-order valence-corrected chi connectivity index (χ2v) is 9.40. The molecule has 34 heavy (non-hydrogen) atoms. The van der Waals surface area contributed by atoms with Gasteiger partial charge in [-0.2, -0.15) is 0 Å². The van der Waals surface area contributed by atoms with Gasteiger partial charge >= 0.3 is 0 Å². The lowest BCUT2D eigenvalue weighted by Crippen LogP contribution is -2.29. The lowest BCUT2D eigenvalue weighted by Gasteiger charge is -2.28. The van der Waals surface area contributed by atoms with Crippen molar-refractivity contribution in [3.05, 3.63) is 113 Å². The summed E-state index contributed by atoms with van der Waals surface area (Å²) in [5, 5.41) is 4.30. The summed E-state index contributed by atoms with van der Waals surface area (Å²) in [5.74, 6) is 0. The van der Waals surface area contributed by atoms with Crippen molar-refractivity contribution in [2.24, 2.45) is 0 Å². The van der Waals surface area contributed by atoms with Crippen LogP contribution in [0.25, 0.3) is 5.69 Å². The molecule has 0 radical (unpaired) electrons. The quantitative estimate of drug-likeness (QED) is 0.339. The van der Waals surface area contributed by atoms with Crippen LogP contribution in [0.4, 0.5) is 5.69 Å². The number of benzene rings is 2. The number of pyridine rings is 1. The van der Waals surface area contributed by atoms with Crippen LogP contribution in [0.15, 0.2) is 79.0 Å². The first-order chi connectivity index (χ1) is 16.5. The van der Waals surface area contributed by atoms with E-state index in [1.165, 1.54) is 33.8 Å². The molecule has 2 atom stereocenters. The minimum absolute atomic E-state index is 0.0139. The van der Waals surface area contributed by atoms with Gasteiger partial charge in [0, 0.05) is 29.0 Å². The van der Waals surface area contributed by atoms with E-state index in [9.17, 15) is 0 Å². The van der Waals surface area contributed by atoms with E-state index < -0.39 is 0 Å². The molecule has 0 amide bonds. The van der Waals surface area contributed by atoms with Gasteiger partial charge in [-0.25, -0.2) is 0 Å². The highest BCUT2D eigenvalue weighted by Gasteiger charge is 2.42. The second kappa shape index (κ2) is 9.07. The highest BCUT2D eigenvalue weighted by atomic mass is 32.1. The summed E-state index contributed by atoms with van der Waals surface area (Å²) >= 11 is 5.89. The highest BCUT2D eigenvalue weighted by Crippen LogP contribution is 2.43. The summed E-state index contributed by atoms with van der Waals surface area (Å²) in [5.41, 5.74) is 9.51. The number of aryl methyl sites for hydroxylation is 3. The van der Waals surface area contributed by atoms with E-state index in [0.29, 0.717) is 0 Å². The zero-order valence-electron chi connectivity index (χ0n) is 20.1. The molecule has 1 fully saturated rings. The summed E-state index contributed by atoms with van der Waals surface area (Å²) in [6, 6.07) is 25.8. The maximum absolute atomic E-state index is 5.89. The van der Waals surface area contributed by atoms with Gasteiger partial charge in [-0.05, 0) is 93.0 Å². The maximum Gasteiger partial charge on any atom is 0.174 e. The zero-order valence-corrected chi connectivity index (χ0v) is 20.9. The topological polar surface area (TPSA) is 33.1 Å². The molecule has 1 aliphatic rings. The molecule has 4 aromatic rings. The Morgan fingerprint density at radius 1 is 0.912 bits per heavy atom. The summed E-state index contributed by atoms with van der Waals surface area (Å²) in [4.78, 5) is 6.94. The van der Waals surface area contributed by atoms with E-state index in [2.05, 4.69) is 103 Å². The first-order valence-electron chi connectivity index (χ1n) is 11.8. The maximum atomic E-state index is 5.89. The lowest BCUT2D eigenvalue weighted by molar-refractivity contribution is 0.565. The number of rotatable bonds is 5. The average molecular weight is 467 g/mol. The number of aromatic nitrogens is 2. The highest BCUT2D eigenvalue weighted by molar-refractivity contribution is 7.80. The summed E-state index contributed by atoms with van der Waals surface area (Å²) in [6.07, 6.45) is 2.89. The van der Waals surface area contributed by atoms with Gasteiger partial charge in [0.25, 0.3) is 0 Å². The average Bonchev–Trinajstić information content (AvgIpc) is 3.35. The summed E-state index contributed by atoms with van der Waals surface area (Å²) in [6.45, 7) is 8.68. The molecule has 0 unspecified atom stereocenters. The van der Waals surface area contributed by atoms with Gasteiger partial charge in [-0.1, -0.05) is 42.8 Å². The molecule has 1 saturated heterocycles. The molecule has 1 N–H and O–H groups in total. The summed E-state index contributed by atoms with van der Waals surface area (Å²) in [7, 11) is 0. The Morgan fingerprint density at radius 2 is 1.62 bits per heavy atom. The van der Waals surface area contributed by atoms with E-state index in [4.69, 9.17) is 17.2 Å². The number of hydrogen-bond acceptors (Lipinski definition) is 2. The van der Waals surface area contributed by atoms with Crippen molar-refractivity contribution >= 4 is 23.0 Å². The Bertz CT molecular complexity index is 1310. The first-order valence-corrected chi connectivity index (χ1v) is 12.2. The molecule has 2 aromatic carbocycles. The lowest BCUT2D eigenvalue weighted by atomic mass is 9.96. The molecule has 0 saturated carbocycles. The van der Waals surface area contributed by atoms with Crippen LogP contribution in [0, 0.1) is 20.8 Å². The van der Waals surface area contributed by atoms with E-state index in [-0.39, 0.29) is 12.1 Å². The SMILES string of the molecule is CCc1ccc(-n2c(C)cc([C@H]3[C@H](c4ccccn4)NC(=S)N3c3ccc(C)cc3)c2C)cc1. The van der Waals surface area contributed by atoms with Crippen LogP contribution in [-0.4, -0.2) is 14.7 Å². The van der Waals surface area contributed by atoms with Crippen molar-refractivity contribution in [3.63, 3.8) is 0 Å². The smallest absolute Gasteiger partial charge is 0.174 e. The van der Waals surface area contributed by atoms with Crippen LogP contribution in [0.5, 0.6) is 0 Å². The molecule has 3 heterocycles. The number of anilines is 1. The van der Waals surface area contributed by atoms with E-state index >= 15 is 0 Å². The largest absolute Gasteiger partial charge is 0.351 e. The third-order valence-electron chi connectivity index (χ3n) is 6.80. The fraction of sp³-hybridized carbons (Fsp3) is 0.241. The fourth-order valence-electron chi connectivity index (χ4n) is 5.02. The predicted octanol–water partition coefficient (Wildman–Crippen LogP) is 6.54. The van der Waals surface area contributed by atoms with Crippen LogP contribution >= 0.6 is 12.2 Å². The number of nitrogens with zero attached hydrogens (tertiary/aromatic N) is 3. The van der Waals surface area contributed by atoms with Crippen LogP contribution in [0.3, 0.4) is 0 Å². The normalized spacial score (nSPS) is 17.8. The molecule has 5 heteroatoms. The van der Waals surface area contributed by atoms with E-state index in [1.54, 1.807) is 0 Å². The van der Waals surface area contributed by atoms with Gasteiger partial charge in [0.1, 0.15) is 0 Å². The Balaban J connectivity index is 1.65. The van der Waals surface area contributed by atoms with Crippen LogP contribution < -0.4 is 10.2 Å². The molecule has 1 aliphatic heterocycles. The molecule has 2 aromatic heterocycles. The molecule has 0 aliphatic carbocycles. The van der Waals surface area contributed by atoms with Gasteiger partial charge in [-0.3, -0.25) is 4.98 Å². The number of nitrogens with one attached hydrogen (secondary N) is 1. The van der Waals surface area contributed by atoms with Crippen LogP contribution in [-0.2, 0) is 6.42 Å². The Labute approximate surface area is 207 Å². The molecule has 5 rings (SSSR count). The van der Waals surface area contributed by atoms with Crippen molar-refractivity contribution in [1.29, 1.82) is 0 Å². The summed E-state index contributed by atoms with van der Waals surface area (Å²) < 4.78 is 2.35. The Hall–Kier alpha value is -3.44. The van der Waals surface area contributed by atoms with Gasteiger partial charge in [0.2, 0.25) is 0 Å². The van der Waals surface area contributed by atoms with Crippen molar-refractivity contribution in [2.75, 3.05) is 4.90 Å². The second-order valence-electron chi connectivity index (χ2n) is 9.01. The van der Waals surface area contributed by atoms with E-state index in [1.807, 2.05) is 18.3 Å². The van der Waals surface area contributed by atoms with Gasteiger partial charge in [-0.15, -0.1) is 0 Å². The van der Waals surface area contributed by atoms with Crippen LogP contribution in [0.2, 0.25) is 0 Å². The Morgan fingerprint density at radius 3 is 2.26 bits per heavy atom. The fourth-order valence-corrected chi connectivity index (χ4v) is 5.37. The van der Waals surface area contributed by atoms with Crippen LogP contribution in [0.1, 0.15) is 52.8 Å². The minimum atomic E-state index is -0.0496. The number of hydrogen-bond donors (Lipinski definition) is 1. The Kier molecular flexibility index (Phi) is 5.96. The number of thiocarbonyl (C=S) groups is 1. The van der Waals surface area contributed by atoms with Crippen molar-refractivity contribution in [1.82, 2.24) is 14.9 Å². The monoisotopic (exact) mass is 466 g/mol. The van der Waals surface area contributed by atoms with E-state index in [0.717, 1.165) is 22.9 Å². The van der Waals surface area contributed by atoms with Crippen molar-refractivity contribution in [2.45, 2.75) is 46.2 Å². The van der Waals surface area contributed by atoms with Gasteiger partial charge in [0.15, 0.2) is 5.11 Å². The van der Waals surface area contributed by atoms with Crippen molar-refractivity contribution < 1.29 is 0 Å². The van der Waals surface area contributed by atoms with Crippen molar-refractivity contribution in [3.8, 4) is 5.69 Å². The van der Waals surface area contributed by atoms with Gasteiger partial charge in [0.05, 0.1) is 17.8 Å². The zero-order chi connectivity index (χ0) is 23.8. The molecular weight excluding hydrogens is 436 g/mol. The molecular formula is C29H30N4S. The third-order valence-corrected chi connectivity index (χ3v) is 7.12. The molecule has 4 nitrogen and oxygen atoms in total. The molecule has 0 bridgehead atoms. The molecule has 0 spiro atoms. The third kappa shape index (κ3) is 3.90.